The predicted molar refractivity (Wildman–Crippen MR) is 109 cm³/mol. The van der Waals surface area contributed by atoms with Gasteiger partial charge in [-0.05, 0) is 12.1 Å². The van der Waals surface area contributed by atoms with Crippen LogP contribution in [-0.2, 0) is 11.3 Å². The number of para-hydroxylation sites is 1. The maximum atomic E-state index is 14.8. The molecule has 0 bridgehead atoms. The monoisotopic (exact) mass is 430 g/mol. The van der Waals surface area contributed by atoms with Gasteiger partial charge in [0, 0.05) is 36.3 Å². The quantitative estimate of drug-likeness (QED) is 0.778. The maximum absolute atomic E-state index is 14.8. The van der Waals surface area contributed by atoms with Crippen LogP contribution in [-0.4, -0.2) is 44.1 Å². The van der Waals surface area contributed by atoms with E-state index in [0.29, 0.717) is 62.1 Å². The number of ether oxygens (including phenoxy) is 2. The van der Waals surface area contributed by atoms with Crippen molar-refractivity contribution < 1.29 is 23.8 Å². The van der Waals surface area contributed by atoms with Gasteiger partial charge in [0.15, 0.2) is 0 Å². The first-order valence-corrected chi connectivity index (χ1v) is 8.50. The first kappa shape index (κ1) is 22.2. The Morgan fingerprint density at radius 1 is 1.14 bits per heavy atom. The summed E-state index contributed by atoms with van der Waals surface area (Å²) in [6.45, 7) is 3.17. The molecule has 2 heterocycles. The smallest absolute Gasteiger partial charge is 0.337 e. The van der Waals surface area contributed by atoms with Gasteiger partial charge in [0.2, 0.25) is 0 Å². The third-order valence-corrected chi connectivity index (χ3v) is 4.69. The number of nitrogens with zero attached hydrogens (tertiary/aromatic N) is 1. The molecule has 1 fully saturated rings. The third-order valence-electron chi connectivity index (χ3n) is 4.69. The number of benzene rings is 2. The molecule has 0 amide bonds. The molecule has 0 aromatic heterocycles. The summed E-state index contributed by atoms with van der Waals surface area (Å²) in [4.78, 5) is 13.6. The Hall–Kier alpha value is -2.06. The number of hydrogen-bond donors (Lipinski definition) is 2. The van der Waals surface area contributed by atoms with Crippen molar-refractivity contribution in [3.05, 3.63) is 47.3 Å². The van der Waals surface area contributed by atoms with E-state index in [4.69, 9.17) is 9.47 Å². The summed E-state index contributed by atoms with van der Waals surface area (Å²) < 4.78 is 25.9. The third kappa shape index (κ3) is 4.17. The fraction of sp³-hybridized carbons (Fsp3) is 0.316. The van der Waals surface area contributed by atoms with Crippen molar-refractivity contribution in [3.8, 4) is 16.9 Å². The van der Waals surface area contributed by atoms with Gasteiger partial charge in [0.05, 0.1) is 24.5 Å². The van der Waals surface area contributed by atoms with E-state index in [1.54, 1.807) is 12.1 Å². The van der Waals surface area contributed by atoms with Crippen molar-refractivity contribution in [3.63, 3.8) is 0 Å². The van der Waals surface area contributed by atoms with E-state index in [9.17, 15) is 14.3 Å². The summed E-state index contributed by atoms with van der Waals surface area (Å²) in [5, 5.41) is 12.6. The molecular formula is C19H21Cl2FN2O4. The first-order valence-electron chi connectivity index (χ1n) is 8.50. The van der Waals surface area contributed by atoms with Crippen molar-refractivity contribution in [2.24, 2.45) is 0 Å². The van der Waals surface area contributed by atoms with Crippen molar-refractivity contribution in [2.45, 2.75) is 6.54 Å². The number of morpholine rings is 1. The summed E-state index contributed by atoms with van der Waals surface area (Å²) in [5.74, 6) is -1.08. The second-order valence-electron chi connectivity index (χ2n) is 6.26. The zero-order valence-corrected chi connectivity index (χ0v) is 16.6. The van der Waals surface area contributed by atoms with E-state index in [-0.39, 0.29) is 30.4 Å². The Morgan fingerprint density at radius 2 is 1.89 bits per heavy atom. The van der Waals surface area contributed by atoms with Gasteiger partial charge in [-0.25, -0.2) is 9.18 Å². The lowest BCUT2D eigenvalue weighted by Gasteiger charge is -2.30. The van der Waals surface area contributed by atoms with Crippen molar-refractivity contribution in [1.82, 2.24) is 5.32 Å². The van der Waals surface area contributed by atoms with Gasteiger partial charge in [-0.15, -0.1) is 24.8 Å². The van der Waals surface area contributed by atoms with Gasteiger partial charge in [-0.2, -0.15) is 0 Å². The van der Waals surface area contributed by atoms with Crippen LogP contribution in [0.15, 0.2) is 30.3 Å². The van der Waals surface area contributed by atoms with E-state index in [1.807, 2.05) is 17.0 Å². The molecule has 2 aliphatic rings. The number of nitrogens with one attached hydrogen (secondary N) is 1. The predicted octanol–water partition coefficient (Wildman–Crippen LogP) is 3.31. The van der Waals surface area contributed by atoms with Crippen LogP contribution in [0.3, 0.4) is 0 Å². The second-order valence-corrected chi connectivity index (χ2v) is 6.26. The average molecular weight is 431 g/mol. The molecule has 0 aliphatic carbocycles. The van der Waals surface area contributed by atoms with Gasteiger partial charge in [-0.1, -0.05) is 18.2 Å². The number of aromatic carboxylic acids is 1. The van der Waals surface area contributed by atoms with Gasteiger partial charge in [0.25, 0.3) is 0 Å². The molecule has 0 radical (unpaired) electrons. The average Bonchev–Trinajstić information content (AvgIpc) is 2.68. The van der Waals surface area contributed by atoms with Crippen LogP contribution in [0, 0.1) is 5.82 Å². The molecule has 2 aliphatic heterocycles. The summed E-state index contributed by atoms with van der Waals surface area (Å²) >= 11 is 0. The summed E-state index contributed by atoms with van der Waals surface area (Å²) in [6.07, 6.45) is 0. The lowest BCUT2D eigenvalue weighted by atomic mass is 9.97. The number of halogens is 3. The summed E-state index contributed by atoms with van der Waals surface area (Å²) in [6, 6.07) is 8.29. The van der Waals surface area contributed by atoms with E-state index in [0.717, 1.165) is 11.6 Å². The van der Waals surface area contributed by atoms with Crippen LogP contribution >= 0.6 is 24.8 Å². The number of carboxylic acids is 1. The van der Waals surface area contributed by atoms with Crippen molar-refractivity contribution >= 4 is 36.5 Å². The van der Waals surface area contributed by atoms with Crippen molar-refractivity contribution in [1.29, 1.82) is 0 Å². The molecule has 0 atom stereocenters. The second kappa shape index (κ2) is 9.43. The van der Waals surface area contributed by atoms with Crippen LogP contribution in [0.2, 0.25) is 0 Å². The number of rotatable bonds is 3. The summed E-state index contributed by atoms with van der Waals surface area (Å²) in [5.41, 5.74) is 2.39. The van der Waals surface area contributed by atoms with Crippen molar-refractivity contribution in [2.75, 3.05) is 37.9 Å². The number of fused-ring (bicyclic) bond motifs is 1. The first-order chi connectivity index (χ1) is 12.6. The Bertz CT molecular complexity index is 860. The SMILES string of the molecule is Cl.Cl.O=C(O)c1cc(F)c(-c2cccc3c2OCNC3)cc1N1CCOCC1. The zero-order chi connectivity index (χ0) is 18.1. The Morgan fingerprint density at radius 3 is 2.61 bits per heavy atom. The van der Waals surface area contributed by atoms with E-state index < -0.39 is 11.8 Å². The molecule has 152 valence electrons. The minimum absolute atomic E-state index is 0. The lowest BCUT2D eigenvalue weighted by molar-refractivity contribution is 0.0696. The standard InChI is InChI=1S/C19H19FN2O4.2ClH/c20-16-8-15(19(23)24)17(22-4-6-25-7-5-22)9-14(16)13-3-1-2-12-10-21-11-26-18(12)13;;/h1-3,8-9,21H,4-7,10-11H2,(H,23,24);2*1H. The zero-order valence-electron chi connectivity index (χ0n) is 14.9. The topological polar surface area (TPSA) is 71.0 Å². The van der Waals surface area contributed by atoms with Crippen LogP contribution < -0.4 is 15.0 Å². The molecule has 6 nitrogen and oxygen atoms in total. The molecule has 2 aromatic carbocycles. The van der Waals surface area contributed by atoms with E-state index in [1.165, 1.54) is 0 Å². The fourth-order valence-electron chi connectivity index (χ4n) is 3.42. The number of carboxylic acid groups (broad SMARTS) is 1. The fourth-order valence-corrected chi connectivity index (χ4v) is 3.42. The lowest BCUT2D eigenvalue weighted by Crippen LogP contribution is -2.37. The minimum atomic E-state index is -1.15. The number of anilines is 1. The van der Waals surface area contributed by atoms with Gasteiger partial charge in [-0.3, -0.25) is 5.32 Å². The molecular weight excluding hydrogens is 410 g/mol. The van der Waals surface area contributed by atoms with Gasteiger partial charge >= 0.3 is 5.97 Å². The Kier molecular flexibility index (Phi) is 7.48. The normalized spacial score (nSPS) is 15.5. The molecule has 28 heavy (non-hydrogen) atoms. The number of carbonyl (C=O) groups is 1. The molecule has 2 aromatic rings. The highest BCUT2D eigenvalue weighted by Crippen LogP contribution is 2.39. The van der Waals surface area contributed by atoms with Crippen LogP contribution in [0.25, 0.3) is 11.1 Å². The van der Waals surface area contributed by atoms with Crippen LogP contribution in [0.5, 0.6) is 5.75 Å². The Balaban J connectivity index is 0.00000140. The molecule has 1 saturated heterocycles. The summed E-state index contributed by atoms with van der Waals surface area (Å²) in [7, 11) is 0. The Labute approximate surface area is 174 Å². The largest absolute Gasteiger partial charge is 0.478 e. The molecule has 0 saturated carbocycles. The maximum Gasteiger partial charge on any atom is 0.337 e. The van der Waals surface area contributed by atoms with E-state index in [2.05, 4.69) is 5.32 Å². The van der Waals surface area contributed by atoms with E-state index >= 15 is 0 Å². The molecule has 9 heteroatoms. The van der Waals surface area contributed by atoms with Gasteiger partial charge in [0.1, 0.15) is 18.3 Å². The number of hydrogen-bond acceptors (Lipinski definition) is 5. The van der Waals surface area contributed by atoms with Crippen LogP contribution in [0.1, 0.15) is 15.9 Å². The molecule has 0 unspecified atom stereocenters. The molecule has 0 spiro atoms. The highest BCUT2D eigenvalue weighted by atomic mass is 35.5. The molecule has 2 N–H and O–H groups in total. The highest BCUT2D eigenvalue weighted by molar-refractivity contribution is 5.96. The highest BCUT2D eigenvalue weighted by Gasteiger charge is 2.24. The van der Waals surface area contributed by atoms with Crippen LogP contribution in [0.4, 0.5) is 10.1 Å². The molecule has 4 rings (SSSR count). The van der Waals surface area contributed by atoms with Gasteiger partial charge < -0.3 is 19.5 Å². The minimum Gasteiger partial charge on any atom is -0.478 e.